The van der Waals surface area contributed by atoms with E-state index >= 15 is 0 Å². The van der Waals surface area contributed by atoms with Gasteiger partial charge in [-0.25, -0.2) is 8.78 Å². The summed E-state index contributed by atoms with van der Waals surface area (Å²) in [6.45, 7) is 3.33. The Morgan fingerprint density at radius 1 is 0.897 bits per heavy atom. The molecule has 0 aliphatic carbocycles. The van der Waals surface area contributed by atoms with Crippen LogP contribution in [-0.4, -0.2) is 12.6 Å². The molecule has 152 valence electrons. The Balaban J connectivity index is 1.83. The monoisotopic (exact) mass is 396 g/mol. The number of ether oxygens (including phenoxy) is 1. The second-order valence-electron chi connectivity index (χ2n) is 7.11. The van der Waals surface area contributed by atoms with Gasteiger partial charge in [-0.05, 0) is 41.8 Å². The van der Waals surface area contributed by atoms with E-state index in [0.29, 0.717) is 36.4 Å². The second-order valence-corrected chi connectivity index (χ2v) is 7.11. The van der Waals surface area contributed by atoms with Crippen LogP contribution in [-0.2, 0) is 19.6 Å². The molecule has 0 unspecified atom stereocenters. The summed E-state index contributed by atoms with van der Waals surface area (Å²) in [5, 5.41) is 3.35. The third-order valence-electron chi connectivity index (χ3n) is 4.81. The van der Waals surface area contributed by atoms with Crippen LogP contribution in [0.2, 0.25) is 0 Å². The zero-order chi connectivity index (χ0) is 20.6. The number of halogens is 2. The molecule has 0 aromatic heterocycles. The quantitative estimate of drug-likeness (QED) is 0.557. The van der Waals surface area contributed by atoms with Gasteiger partial charge in [-0.2, -0.15) is 0 Å². The van der Waals surface area contributed by atoms with E-state index in [1.165, 1.54) is 12.1 Å². The number of nitrogens with one attached hydrogen (secondary N) is 1. The predicted molar refractivity (Wildman–Crippen MR) is 112 cm³/mol. The molecule has 0 saturated heterocycles. The van der Waals surface area contributed by atoms with Crippen molar-refractivity contribution in [1.29, 1.82) is 0 Å². The summed E-state index contributed by atoms with van der Waals surface area (Å²) in [6, 6.07) is 19.2. The van der Waals surface area contributed by atoms with E-state index in [0.717, 1.165) is 11.1 Å². The minimum Gasteiger partial charge on any atom is -0.489 e. The molecule has 5 heteroatoms. The minimum absolute atomic E-state index is 0.110. The summed E-state index contributed by atoms with van der Waals surface area (Å²) in [7, 11) is 0. The van der Waals surface area contributed by atoms with Crippen LogP contribution in [0.15, 0.2) is 66.7 Å². The highest BCUT2D eigenvalue weighted by Gasteiger charge is 2.11. The van der Waals surface area contributed by atoms with Gasteiger partial charge in [0.15, 0.2) is 0 Å². The summed E-state index contributed by atoms with van der Waals surface area (Å²) in [4.78, 5) is 0. The molecule has 1 atom stereocenters. The number of benzene rings is 3. The minimum atomic E-state index is -0.306. The van der Waals surface area contributed by atoms with E-state index in [2.05, 4.69) is 5.32 Å². The summed E-state index contributed by atoms with van der Waals surface area (Å²) in [6.07, 6.45) is 0.388. The van der Waals surface area contributed by atoms with Gasteiger partial charge in [-0.1, -0.05) is 48.5 Å². The van der Waals surface area contributed by atoms with E-state index in [-0.39, 0.29) is 24.3 Å². The predicted octanol–water partition coefficient (Wildman–Crippen LogP) is 4.57. The Morgan fingerprint density at radius 3 is 2.21 bits per heavy atom. The second kappa shape index (κ2) is 10.1. The first-order valence-electron chi connectivity index (χ1n) is 9.71. The van der Waals surface area contributed by atoms with Crippen molar-refractivity contribution in [1.82, 2.24) is 5.32 Å². The molecule has 0 heterocycles. The lowest BCUT2D eigenvalue weighted by Crippen LogP contribution is -2.32. The average molecular weight is 396 g/mol. The molecule has 0 spiro atoms. The molecule has 0 amide bonds. The number of hydrogen-bond acceptors (Lipinski definition) is 3. The smallest absolute Gasteiger partial charge is 0.129 e. The normalized spacial score (nSPS) is 12.0. The van der Waals surface area contributed by atoms with Gasteiger partial charge in [0, 0.05) is 31.1 Å². The first-order chi connectivity index (χ1) is 14.1. The van der Waals surface area contributed by atoms with Gasteiger partial charge < -0.3 is 15.8 Å². The van der Waals surface area contributed by atoms with E-state index in [1.807, 2.05) is 31.2 Å². The Bertz CT molecular complexity index is 946. The lowest BCUT2D eigenvalue weighted by molar-refractivity contribution is 0.297. The van der Waals surface area contributed by atoms with E-state index < -0.39 is 0 Å². The van der Waals surface area contributed by atoms with Gasteiger partial charge in [0.25, 0.3) is 0 Å². The van der Waals surface area contributed by atoms with Crippen LogP contribution in [0.4, 0.5) is 8.78 Å². The Labute approximate surface area is 170 Å². The first-order valence-corrected chi connectivity index (χ1v) is 9.71. The lowest BCUT2D eigenvalue weighted by atomic mass is 10.0. The molecule has 3 aromatic carbocycles. The molecule has 3 aromatic rings. The summed E-state index contributed by atoms with van der Waals surface area (Å²) >= 11 is 0. The maximum Gasteiger partial charge on any atom is 0.129 e. The molecule has 0 aliphatic heterocycles. The molecule has 0 fully saturated rings. The molecule has 3 N–H and O–H groups in total. The van der Waals surface area contributed by atoms with Crippen LogP contribution in [0.5, 0.6) is 5.75 Å². The van der Waals surface area contributed by atoms with Gasteiger partial charge in [0.1, 0.15) is 24.0 Å². The van der Waals surface area contributed by atoms with Gasteiger partial charge in [-0.15, -0.1) is 0 Å². The fourth-order valence-electron chi connectivity index (χ4n) is 3.02. The number of rotatable bonds is 9. The van der Waals surface area contributed by atoms with Gasteiger partial charge in [0.05, 0.1) is 0 Å². The van der Waals surface area contributed by atoms with Crippen LogP contribution in [0.25, 0.3) is 0 Å². The van der Waals surface area contributed by atoms with Crippen molar-refractivity contribution in [3.05, 3.63) is 101 Å². The first kappa shape index (κ1) is 21.0. The fourth-order valence-corrected chi connectivity index (χ4v) is 3.02. The summed E-state index contributed by atoms with van der Waals surface area (Å²) in [5.74, 6) is 0.0553. The third-order valence-corrected chi connectivity index (χ3v) is 4.81. The van der Waals surface area contributed by atoms with Gasteiger partial charge in [-0.3, -0.25) is 0 Å². The Hall–Kier alpha value is -2.76. The maximum atomic E-state index is 14.2. The topological polar surface area (TPSA) is 47.3 Å². The zero-order valence-electron chi connectivity index (χ0n) is 16.5. The van der Waals surface area contributed by atoms with Gasteiger partial charge >= 0.3 is 0 Å². The molecular weight excluding hydrogens is 370 g/mol. The molecule has 3 rings (SSSR count). The SMILES string of the molecule is C[C@H](CN)NCc1ccc(OCc2ccccc2F)c(Cc2ccccc2F)c1. The van der Waals surface area contributed by atoms with E-state index in [9.17, 15) is 8.78 Å². The average Bonchev–Trinajstić information content (AvgIpc) is 2.74. The van der Waals surface area contributed by atoms with Crippen LogP contribution < -0.4 is 15.8 Å². The van der Waals surface area contributed by atoms with E-state index in [1.54, 1.807) is 30.3 Å². The van der Waals surface area contributed by atoms with Crippen molar-refractivity contribution < 1.29 is 13.5 Å². The highest BCUT2D eigenvalue weighted by atomic mass is 19.1. The van der Waals surface area contributed by atoms with Crippen molar-refractivity contribution in [3.8, 4) is 5.75 Å². The number of nitrogens with two attached hydrogens (primary N) is 1. The van der Waals surface area contributed by atoms with Gasteiger partial charge in [0.2, 0.25) is 0 Å². The number of hydrogen-bond donors (Lipinski definition) is 2. The molecule has 3 nitrogen and oxygen atoms in total. The largest absolute Gasteiger partial charge is 0.489 e. The fraction of sp³-hybridized carbons (Fsp3) is 0.250. The lowest BCUT2D eigenvalue weighted by Gasteiger charge is -2.16. The Morgan fingerprint density at radius 2 is 1.55 bits per heavy atom. The zero-order valence-corrected chi connectivity index (χ0v) is 16.5. The van der Waals surface area contributed by atoms with Crippen LogP contribution >= 0.6 is 0 Å². The molecule has 0 saturated carbocycles. The van der Waals surface area contributed by atoms with Crippen molar-refractivity contribution in [3.63, 3.8) is 0 Å². The van der Waals surface area contributed by atoms with Crippen molar-refractivity contribution in [2.24, 2.45) is 5.73 Å². The molecule has 0 aliphatic rings. The standard InChI is InChI=1S/C24H26F2N2O/c1-17(14-27)28-15-18-10-11-24(29-16-20-7-3-5-9-23(20)26)21(12-18)13-19-6-2-4-8-22(19)25/h2-12,17,28H,13-16,27H2,1H3/t17-/m1/s1. The van der Waals surface area contributed by atoms with E-state index in [4.69, 9.17) is 10.5 Å². The Kier molecular flexibility index (Phi) is 7.33. The maximum absolute atomic E-state index is 14.2. The summed E-state index contributed by atoms with van der Waals surface area (Å²) in [5.41, 5.74) is 8.63. The summed E-state index contributed by atoms with van der Waals surface area (Å²) < 4.78 is 34.0. The highest BCUT2D eigenvalue weighted by Crippen LogP contribution is 2.26. The van der Waals surface area contributed by atoms with Crippen molar-refractivity contribution >= 4 is 0 Å². The van der Waals surface area contributed by atoms with Crippen LogP contribution in [0.1, 0.15) is 29.2 Å². The van der Waals surface area contributed by atoms with Crippen molar-refractivity contribution in [2.45, 2.75) is 32.5 Å². The third kappa shape index (κ3) is 5.86. The molecule has 0 bridgehead atoms. The molecule has 0 radical (unpaired) electrons. The molecule has 29 heavy (non-hydrogen) atoms. The molecular formula is C24H26F2N2O. The van der Waals surface area contributed by atoms with Crippen molar-refractivity contribution in [2.75, 3.05) is 6.54 Å². The van der Waals surface area contributed by atoms with Crippen LogP contribution in [0.3, 0.4) is 0 Å². The highest BCUT2D eigenvalue weighted by molar-refractivity contribution is 5.41. The van der Waals surface area contributed by atoms with Crippen LogP contribution in [0, 0.1) is 11.6 Å².